The number of benzene rings is 7. The van der Waals surface area contributed by atoms with Crippen molar-refractivity contribution in [1.82, 2.24) is 0 Å². The Morgan fingerprint density at radius 3 is 2.05 bits per heavy atom. The van der Waals surface area contributed by atoms with E-state index >= 15 is 0 Å². The highest BCUT2D eigenvalue weighted by atomic mass is 15.2. The van der Waals surface area contributed by atoms with E-state index in [2.05, 4.69) is 191 Å². The molecule has 0 saturated carbocycles. The number of anilines is 5. The molecule has 3 aliphatic heterocycles. The van der Waals surface area contributed by atoms with Crippen LogP contribution in [0, 0.1) is 6.92 Å². The predicted molar refractivity (Wildman–Crippen MR) is 239 cm³/mol. The first-order valence-electron chi connectivity index (χ1n) is 20.6. The van der Waals surface area contributed by atoms with Crippen molar-refractivity contribution >= 4 is 46.2 Å². The van der Waals surface area contributed by atoms with E-state index in [1.54, 1.807) is 0 Å². The second-order valence-corrected chi connectivity index (χ2v) is 17.6. The van der Waals surface area contributed by atoms with Crippen LogP contribution in [0.2, 0.25) is 0 Å². The number of aryl methyl sites for hydroxylation is 2. The minimum Gasteiger partial charge on any atom is -0.376 e. The van der Waals surface area contributed by atoms with Crippen LogP contribution in [0.5, 0.6) is 0 Å². The van der Waals surface area contributed by atoms with E-state index in [1.165, 1.54) is 119 Å². The molecule has 11 rings (SSSR count). The quantitative estimate of drug-likeness (QED) is 0.163. The fraction of sp³-hybridized carbons (Fsp3) is 0.208. The number of fused-ring (bicyclic) bond motifs is 9. The van der Waals surface area contributed by atoms with E-state index in [4.69, 9.17) is 0 Å². The molecule has 272 valence electrons. The molecular weight excluding hydrogens is 675 g/mol. The minimum absolute atomic E-state index is 0.00781. The molecule has 2 nitrogen and oxygen atoms in total. The third kappa shape index (κ3) is 4.46. The lowest BCUT2D eigenvalue weighted by Crippen LogP contribution is -2.63. The van der Waals surface area contributed by atoms with Gasteiger partial charge in [0.05, 0.1) is 5.69 Å². The summed E-state index contributed by atoms with van der Waals surface area (Å²) >= 11 is 0. The van der Waals surface area contributed by atoms with Gasteiger partial charge in [0, 0.05) is 44.7 Å². The molecule has 0 unspecified atom stereocenters. The third-order valence-corrected chi connectivity index (χ3v) is 13.6. The van der Waals surface area contributed by atoms with Crippen LogP contribution in [0.4, 0.5) is 28.4 Å². The van der Waals surface area contributed by atoms with Crippen molar-refractivity contribution in [3.8, 4) is 33.4 Å². The number of hydrogen-bond donors (Lipinski definition) is 0. The van der Waals surface area contributed by atoms with Crippen molar-refractivity contribution in [3.63, 3.8) is 0 Å². The summed E-state index contributed by atoms with van der Waals surface area (Å²) in [6.45, 7) is 14.2. The molecule has 1 aliphatic carbocycles. The molecule has 4 aliphatic rings. The molecule has 0 N–H and O–H groups in total. The molecule has 0 saturated heterocycles. The lowest BCUT2D eigenvalue weighted by molar-refractivity contribution is 0.634. The third-order valence-electron chi connectivity index (χ3n) is 13.6. The van der Waals surface area contributed by atoms with E-state index in [-0.39, 0.29) is 17.7 Å². The molecule has 56 heavy (non-hydrogen) atoms. The van der Waals surface area contributed by atoms with Crippen molar-refractivity contribution < 1.29 is 0 Å². The van der Waals surface area contributed by atoms with Crippen LogP contribution in [0.3, 0.4) is 0 Å². The summed E-state index contributed by atoms with van der Waals surface area (Å²) in [6.07, 6.45) is 3.45. The summed E-state index contributed by atoms with van der Waals surface area (Å²) in [4.78, 5) is 5.38. The van der Waals surface area contributed by atoms with E-state index < -0.39 is 0 Å². The molecule has 0 spiro atoms. The molecule has 3 heteroatoms. The Morgan fingerprint density at radius 2 is 1.23 bits per heavy atom. The van der Waals surface area contributed by atoms with E-state index in [0.717, 1.165) is 6.42 Å². The van der Waals surface area contributed by atoms with Crippen molar-refractivity contribution in [2.75, 3.05) is 9.71 Å². The van der Waals surface area contributed by atoms with Crippen molar-refractivity contribution in [2.24, 2.45) is 0 Å². The lowest BCUT2D eigenvalue weighted by atomic mass is 9.42. The van der Waals surface area contributed by atoms with Gasteiger partial charge >= 0.3 is 6.85 Å². The Bertz CT molecular complexity index is 2770. The first-order chi connectivity index (χ1) is 27.2. The van der Waals surface area contributed by atoms with E-state index in [0.29, 0.717) is 0 Å². The van der Waals surface area contributed by atoms with Gasteiger partial charge in [-0.25, -0.2) is 0 Å². The Kier molecular flexibility index (Phi) is 7.10. The monoisotopic (exact) mass is 722 g/mol. The average molecular weight is 723 g/mol. The summed E-state index contributed by atoms with van der Waals surface area (Å²) in [7, 11) is 0. The van der Waals surface area contributed by atoms with Gasteiger partial charge in [-0.05, 0) is 117 Å². The van der Waals surface area contributed by atoms with Crippen LogP contribution in [0.1, 0.15) is 80.8 Å². The van der Waals surface area contributed by atoms with Gasteiger partial charge in [0.2, 0.25) is 0 Å². The lowest BCUT2D eigenvalue weighted by Gasteiger charge is -2.51. The SMILES string of the molecule is CCCCc1ccc(N2c3cc4c(cc3B3c5c(cc(C)cc52)-c2cccc5c2N3c2ccccc2C5(C)C)C(C)(C)c2ccccc2-4)c(-c2ccccc2)c1. The molecule has 0 fully saturated rings. The second-order valence-electron chi connectivity index (χ2n) is 17.6. The largest absolute Gasteiger partial charge is 0.376 e. The fourth-order valence-corrected chi connectivity index (χ4v) is 10.9. The van der Waals surface area contributed by atoms with Crippen LogP contribution >= 0.6 is 0 Å². The zero-order valence-corrected chi connectivity index (χ0v) is 33.4. The summed E-state index contributed by atoms with van der Waals surface area (Å²) < 4.78 is 0. The van der Waals surface area contributed by atoms with Crippen LogP contribution in [0.15, 0.2) is 140 Å². The Hall–Kier alpha value is -5.80. The number of rotatable bonds is 5. The molecule has 0 amide bonds. The van der Waals surface area contributed by atoms with Crippen molar-refractivity contribution in [2.45, 2.75) is 71.6 Å². The Morgan fingerprint density at radius 1 is 0.518 bits per heavy atom. The second kappa shape index (κ2) is 11.9. The molecule has 0 bridgehead atoms. The summed E-state index contributed by atoms with van der Waals surface area (Å²) in [5, 5.41) is 0. The van der Waals surface area contributed by atoms with Crippen LogP contribution in [0.25, 0.3) is 33.4 Å². The van der Waals surface area contributed by atoms with E-state index in [9.17, 15) is 0 Å². The van der Waals surface area contributed by atoms with Crippen molar-refractivity contribution in [1.29, 1.82) is 0 Å². The topological polar surface area (TPSA) is 6.48 Å². The maximum atomic E-state index is 2.73. The molecule has 0 atom stereocenters. The van der Waals surface area contributed by atoms with Gasteiger partial charge in [-0.15, -0.1) is 0 Å². The Labute approximate surface area is 332 Å². The number of unbranched alkanes of at least 4 members (excludes halogenated alkanes) is 1. The van der Waals surface area contributed by atoms with Gasteiger partial charge in [0.1, 0.15) is 0 Å². The highest BCUT2D eigenvalue weighted by Gasteiger charge is 2.51. The van der Waals surface area contributed by atoms with Gasteiger partial charge in [-0.2, -0.15) is 0 Å². The first-order valence-corrected chi connectivity index (χ1v) is 20.6. The molecule has 0 radical (unpaired) electrons. The predicted octanol–water partition coefficient (Wildman–Crippen LogP) is 12.7. The summed E-state index contributed by atoms with van der Waals surface area (Å²) in [5.74, 6) is 0. The smallest absolute Gasteiger partial charge is 0.333 e. The van der Waals surface area contributed by atoms with Crippen LogP contribution in [-0.2, 0) is 17.3 Å². The molecule has 7 aromatic carbocycles. The van der Waals surface area contributed by atoms with Gasteiger partial charge < -0.3 is 9.71 Å². The highest BCUT2D eigenvalue weighted by molar-refractivity contribution is 6.93. The molecule has 0 aromatic heterocycles. The number of para-hydroxylation sites is 2. The maximum absolute atomic E-state index is 2.73. The van der Waals surface area contributed by atoms with E-state index in [1.807, 2.05) is 0 Å². The van der Waals surface area contributed by atoms with Crippen molar-refractivity contribution in [3.05, 3.63) is 173 Å². The summed E-state index contributed by atoms with van der Waals surface area (Å²) in [5.41, 5.74) is 25.1. The van der Waals surface area contributed by atoms with Crippen LogP contribution < -0.4 is 20.6 Å². The fourth-order valence-electron chi connectivity index (χ4n) is 10.9. The van der Waals surface area contributed by atoms with Gasteiger partial charge in [-0.1, -0.05) is 150 Å². The zero-order valence-electron chi connectivity index (χ0n) is 33.4. The minimum atomic E-state index is -0.141. The number of nitrogens with zero attached hydrogens (tertiary/aromatic N) is 2. The van der Waals surface area contributed by atoms with Crippen LogP contribution in [-0.4, -0.2) is 6.85 Å². The molecular formula is C53H47BN2. The highest BCUT2D eigenvalue weighted by Crippen LogP contribution is 2.57. The number of hydrogen-bond acceptors (Lipinski definition) is 2. The van der Waals surface area contributed by atoms with Gasteiger partial charge in [0.15, 0.2) is 0 Å². The van der Waals surface area contributed by atoms with Gasteiger partial charge in [-0.3, -0.25) is 0 Å². The molecule has 7 aromatic rings. The normalized spacial score (nSPS) is 15.7. The average Bonchev–Trinajstić information content (AvgIpc) is 3.44. The Balaban J connectivity index is 1.28. The molecule has 3 heterocycles. The maximum Gasteiger partial charge on any atom is 0.333 e. The standard InChI is InChI=1S/C53H47BN2/c1-7-8-17-34-26-27-46(38(30-34)35-18-10-9-11-19-35)55-48-31-39-36-20-12-13-22-41(36)52(3,4)44(39)32-45(48)54-50-40(28-33(2)29-49(50)55)37-21-16-24-43-51(37)56(54)47-25-15-14-23-42(47)53(43,5)6/h9-16,18-32H,7-8,17H2,1-6H3. The summed E-state index contributed by atoms with van der Waals surface area (Å²) in [6, 6.07) is 53.8. The first kappa shape index (κ1) is 33.5. The zero-order chi connectivity index (χ0) is 38.1. The van der Waals surface area contributed by atoms with Gasteiger partial charge in [0.25, 0.3) is 0 Å².